The third-order valence-corrected chi connectivity index (χ3v) is 14.0. The van der Waals surface area contributed by atoms with Crippen LogP contribution in [-0.4, -0.2) is 8.80 Å². The number of rotatable bonds is 8. The van der Waals surface area contributed by atoms with Gasteiger partial charge in [0, 0.05) is 65.8 Å². The second-order valence-corrected chi connectivity index (χ2v) is 18.4. The van der Waals surface area contributed by atoms with Gasteiger partial charge in [-0.2, -0.15) is 0 Å². The SMILES string of the molecule is CC(C)c1ccc(N(c2ccccc2)c2ccc3c4cc5c(cc4n4c6cc(F)ccc6c2c34)c2ccc(N(c3ccccc3)c3ccc(C(C)C)cc3)c3c4ccc(F)cc4n5c23)cc1. The fraction of sp³-hybridized carbons (Fsp3) is 0.100. The molecule has 0 aliphatic carbocycles. The maximum absolute atomic E-state index is 15.6. The third-order valence-electron chi connectivity index (χ3n) is 14.0. The highest BCUT2D eigenvalue weighted by molar-refractivity contribution is 6.32. The molecule has 0 N–H and O–H groups in total. The molecule has 0 bridgehead atoms. The fourth-order valence-corrected chi connectivity index (χ4v) is 10.9. The standard InChI is InChI=1S/C60H44F2N4/c1-35(2)37-15-21-43(22-16-37)63(41-11-7-5-8-12-41)51-29-27-45-49-33-56-50(34-55(49)65-53-31-39(61)19-25-47(53)57(51)59(45)65)46-28-30-52(58-48-26-20-40(62)32-54(48)66(56)60(46)58)64(42-13-9-6-10-14-42)44-23-17-38(18-24-44)36(3)4/h5-36H,1-4H3. The minimum absolute atomic E-state index is 0.285. The first-order valence-electron chi connectivity index (χ1n) is 22.9. The van der Waals surface area contributed by atoms with Gasteiger partial charge in [-0.3, -0.25) is 0 Å². The molecule has 0 saturated heterocycles. The Morgan fingerprint density at radius 1 is 0.348 bits per heavy atom. The van der Waals surface area contributed by atoms with Crippen LogP contribution >= 0.6 is 0 Å². The van der Waals surface area contributed by atoms with Gasteiger partial charge >= 0.3 is 0 Å². The molecule has 4 nitrogen and oxygen atoms in total. The number of hydrogen-bond donors (Lipinski definition) is 0. The zero-order valence-corrected chi connectivity index (χ0v) is 37.0. The molecule has 0 amide bonds. The Kier molecular flexibility index (Phi) is 8.32. The minimum Gasteiger partial charge on any atom is -0.310 e. The highest BCUT2D eigenvalue weighted by atomic mass is 19.1. The topological polar surface area (TPSA) is 15.3 Å². The molecule has 0 aliphatic heterocycles. The Balaban J connectivity index is 1.11. The van der Waals surface area contributed by atoms with Gasteiger partial charge in [-0.1, -0.05) is 100 Å². The van der Waals surface area contributed by atoms with Crippen molar-refractivity contribution in [3.05, 3.63) is 205 Å². The van der Waals surface area contributed by atoms with E-state index in [9.17, 15) is 0 Å². The van der Waals surface area contributed by atoms with Crippen molar-refractivity contribution in [3.8, 4) is 0 Å². The summed E-state index contributed by atoms with van der Waals surface area (Å²) in [7, 11) is 0. The molecule has 0 saturated carbocycles. The van der Waals surface area contributed by atoms with E-state index in [2.05, 4.69) is 180 Å². The zero-order chi connectivity index (χ0) is 44.5. The van der Waals surface area contributed by atoms with E-state index in [0.717, 1.165) is 110 Å². The number of benzene rings is 9. The number of anilines is 6. The first kappa shape index (κ1) is 38.5. The average Bonchev–Trinajstić information content (AvgIpc) is 4.06. The van der Waals surface area contributed by atoms with Gasteiger partial charge in [0.2, 0.25) is 0 Å². The highest BCUT2D eigenvalue weighted by Gasteiger charge is 2.28. The molecule has 4 heterocycles. The van der Waals surface area contributed by atoms with Crippen LogP contribution in [-0.2, 0) is 0 Å². The highest BCUT2D eigenvalue weighted by Crippen LogP contribution is 2.51. The summed E-state index contributed by atoms with van der Waals surface area (Å²) in [5.74, 6) is 0.240. The van der Waals surface area contributed by atoms with Crippen molar-refractivity contribution in [2.75, 3.05) is 9.80 Å². The summed E-state index contributed by atoms with van der Waals surface area (Å²) in [5, 5.41) is 8.32. The van der Waals surface area contributed by atoms with Gasteiger partial charge in [0.1, 0.15) is 11.6 Å². The van der Waals surface area contributed by atoms with Gasteiger partial charge in [0.15, 0.2) is 0 Å². The number of fused-ring (bicyclic) bond motifs is 12. The lowest BCUT2D eigenvalue weighted by Gasteiger charge is -2.27. The van der Waals surface area contributed by atoms with Crippen LogP contribution in [0.4, 0.5) is 42.9 Å². The number of hydrogen-bond acceptors (Lipinski definition) is 2. The van der Waals surface area contributed by atoms with Crippen LogP contribution in [0.25, 0.3) is 76.2 Å². The van der Waals surface area contributed by atoms with E-state index in [-0.39, 0.29) is 11.6 Å². The number of para-hydroxylation sites is 2. The lowest BCUT2D eigenvalue weighted by Crippen LogP contribution is -2.10. The summed E-state index contributed by atoms with van der Waals surface area (Å²) >= 11 is 0. The van der Waals surface area contributed by atoms with Gasteiger partial charge in [-0.25, -0.2) is 8.78 Å². The van der Waals surface area contributed by atoms with E-state index in [0.29, 0.717) is 11.8 Å². The maximum atomic E-state index is 15.6. The molecule has 0 radical (unpaired) electrons. The molecule has 0 aliphatic rings. The molecular formula is C60H44F2N4. The molecule has 6 heteroatoms. The fourth-order valence-electron chi connectivity index (χ4n) is 10.9. The van der Waals surface area contributed by atoms with Crippen molar-refractivity contribution in [2.24, 2.45) is 0 Å². The van der Waals surface area contributed by atoms with Crippen molar-refractivity contribution in [2.45, 2.75) is 39.5 Å². The Bertz CT molecular complexity index is 3740. The normalized spacial score (nSPS) is 12.4. The molecule has 0 atom stereocenters. The van der Waals surface area contributed by atoms with Crippen molar-refractivity contribution >= 4 is 110 Å². The Labute approximate surface area is 380 Å². The van der Waals surface area contributed by atoms with E-state index in [4.69, 9.17) is 0 Å². The average molecular weight is 859 g/mol. The van der Waals surface area contributed by atoms with Gasteiger partial charge in [-0.15, -0.1) is 0 Å². The molecule has 13 rings (SSSR count). The third kappa shape index (κ3) is 5.48. The molecule has 13 aromatic rings. The van der Waals surface area contributed by atoms with Crippen molar-refractivity contribution < 1.29 is 8.78 Å². The van der Waals surface area contributed by atoms with Crippen molar-refractivity contribution in [3.63, 3.8) is 0 Å². The largest absolute Gasteiger partial charge is 0.310 e. The van der Waals surface area contributed by atoms with Gasteiger partial charge in [-0.05, 0) is 132 Å². The van der Waals surface area contributed by atoms with Crippen LogP contribution in [0.5, 0.6) is 0 Å². The first-order chi connectivity index (χ1) is 32.2. The number of halogens is 2. The predicted octanol–water partition coefficient (Wildman–Crippen LogP) is 17.5. The molecule has 0 spiro atoms. The summed E-state index contributed by atoms with van der Waals surface area (Å²) in [6.07, 6.45) is 0. The molecule has 9 aromatic carbocycles. The monoisotopic (exact) mass is 858 g/mol. The van der Waals surface area contributed by atoms with Crippen LogP contribution in [0.3, 0.4) is 0 Å². The van der Waals surface area contributed by atoms with Gasteiger partial charge in [0.05, 0.1) is 44.5 Å². The maximum Gasteiger partial charge on any atom is 0.125 e. The quantitative estimate of drug-likeness (QED) is 0.151. The second-order valence-electron chi connectivity index (χ2n) is 18.4. The predicted molar refractivity (Wildman–Crippen MR) is 273 cm³/mol. The van der Waals surface area contributed by atoms with E-state index < -0.39 is 0 Å². The first-order valence-corrected chi connectivity index (χ1v) is 22.9. The minimum atomic E-state index is -0.285. The molecule has 4 aromatic heterocycles. The number of aromatic nitrogens is 2. The van der Waals surface area contributed by atoms with Crippen molar-refractivity contribution in [1.82, 2.24) is 8.80 Å². The summed E-state index contributed by atoms with van der Waals surface area (Å²) in [6, 6.07) is 62.4. The zero-order valence-electron chi connectivity index (χ0n) is 37.0. The molecular weight excluding hydrogens is 815 g/mol. The van der Waals surface area contributed by atoms with Crippen LogP contribution < -0.4 is 9.80 Å². The number of nitrogens with zero attached hydrogens (tertiary/aromatic N) is 4. The van der Waals surface area contributed by atoms with Crippen LogP contribution in [0.2, 0.25) is 0 Å². The summed E-state index contributed by atoms with van der Waals surface area (Å²) in [4.78, 5) is 4.64. The molecule has 0 fully saturated rings. The Morgan fingerprint density at radius 3 is 1.08 bits per heavy atom. The van der Waals surface area contributed by atoms with E-state index in [1.54, 1.807) is 24.3 Å². The van der Waals surface area contributed by atoms with E-state index >= 15 is 8.78 Å². The summed E-state index contributed by atoms with van der Waals surface area (Å²) in [5.41, 5.74) is 14.4. The molecule has 0 unspecified atom stereocenters. The molecule has 318 valence electrons. The van der Waals surface area contributed by atoms with Gasteiger partial charge < -0.3 is 18.6 Å². The Morgan fingerprint density at radius 2 is 0.697 bits per heavy atom. The van der Waals surface area contributed by atoms with E-state index in [1.165, 1.54) is 11.1 Å². The lowest BCUT2D eigenvalue weighted by molar-refractivity contribution is 0.629. The van der Waals surface area contributed by atoms with Crippen LogP contribution in [0, 0.1) is 11.6 Å². The smallest absolute Gasteiger partial charge is 0.125 e. The second kappa shape index (κ2) is 14.3. The summed E-state index contributed by atoms with van der Waals surface area (Å²) < 4.78 is 35.7. The molecule has 66 heavy (non-hydrogen) atoms. The lowest BCUT2D eigenvalue weighted by atomic mass is 10.0. The Hall–Kier alpha value is -7.96. The van der Waals surface area contributed by atoms with E-state index in [1.807, 2.05) is 24.3 Å². The van der Waals surface area contributed by atoms with Crippen LogP contribution in [0.15, 0.2) is 182 Å². The summed E-state index contributed by atoms with van der Waals surface area (Å²) in [6.45, 7) is 8.86. The van der Waals surface area contributed by atoms with Crippen molar-refractivity contribution in [1.29, 1.82) is 0 Å². The van der Waals surface area contributed by atoms with Crippen LogP contribution in [0.1, 0.15) is 50.7 Å². The van der Waals surface area contributed by atoms with Gasteiger partial charge in [0.25, 0.3) is 0 Å².